The normalized spacial score (nSPS) is 24.0. The molecular weight excluding hydrogens is 683 g/mol. The number of phosphoric ester groups is 1. The molecule has 0 spiro atoms. The summed E-state index contributed by atoms with van der Waals surface area (Å²) in [5.41, 5.74) is 0. The fourth-order valence-corrected chi connectivity index (χ4v) is 6.84. The summed E-state index contributed by atoms with van der Waals surface area (Å²) in [5.74, 6) is -1.11. The van der Waals surface area contributed by atoms with E-state index in [0.29, 0.717) is 12.8 Å². The molecule has 8 atom stereocenters. The molecule has 1 saturated carbocycles. The van der Waals surface area contributed by atoms with Gasteiger partial charge in [-0.2, -0.15) is 0 Å². The summed E-state index contributed by atoms with van der Waals surface area (Å²) in [6.07, 6.45) is 13.0. The Balaban J connectivity index is 2.54. The quantitative estimate of drug-likeness (QED) is 0.0210. The zero-order valence-electron chi connectivity index (χ0n) is 31.2. The zero-order chi connectivity index (χ0) is 37.9. The first-order chi connectivity index (χ1) is 24.4. The predicted molar refractivity (Wildman–Crippen MR) is 194 cm³/mol. The van der Waals surface area contributed by atoms with Crippen LogP contribution in [0.15, 0.2) is 12.2 Å². The fourth-order valence-electron chi connectivity index (χ4n) is 5.87. The molecule has 51 heavy (non-hydrogen) atoms. The molecule has 1 aliphatic rings. The summed E-state index contributed by atoms with van der Waals surface area (Å²) in [6, 6.07) is 0. The Kier molecular flexibility index (Phi) is 27.1. The molecule has 1 aliphatic carbocycles. The number of aliphatic hydroxyl groups excluding tert-OH is 5. The second kappa shape index (κ2) is 29.0. The smallest absolute Gasteiger partial charge is 0.462 e. The van der Waals surface area contributed by atoms with Gasteiger partial charge in [-0.05, 0) is 38.5 Å². The molecule has 1 fully saturated rings. The SMILES string of the molecule is CCCCCC/C=C/CCCCCCCC(=O)OC[C@H](COP(=O)(O)OC1C(O)C(O)C(O)[C@@H](O)C1O)OC(=O)CCCCCCCCCCC. The minimum Gasteiger partial charge on any atom is -0.462 e. The number of carbonyl (C=O) groups is 2. The number of unbranched alkanes of at least 4 members (excludes halogenated alkanes) is 17. The van der Waals surface area contributed by atoms with Gasteiger partial charge in [0.25, 0.3) is 0 Å². The Morgan fingerprint density at radius 2 is 1.00 bits per heavy atom. The molecular formula is C37H69O13P. The van der Waals surface area contributed by atoms with Crippen molar-refractivity contribution in [2.75, 3.05) is 13.2 Å². The van der Waals surface area contributed by atoms with E-state index in [1.54, 1.807) is 0 Å². The van der Waals surface area contributed by atoms with Crippen LogP contribution in [0, 0.1) is 0 Å². The van der Waals surface area contributed by atoms with Gasteiger partial charge in [0, 0.05) is 12.8 Å². The topological polar surface area (TPSA) is 210 Å². The van der Waals surface area contributed by atoms with Gasteiger partial charge in [0.05, 0.1) is 6.61 Å². The van der Waals surface area contributed by atoms with Crippen molar-refractivity contribution in [3.05, 3.63) is 12.2 Å². The van der Waals surface area contributed by atoms with E-state index in [9.17, 15) is 44.6 Å². The summed E-state index contributed by atoms with van der Waals surface area (Å²) < 4.78 is 33.3. The van der Waals surface area contributed by atoms with Crippen LogP contribution in [0.25, 0.3) is 0 Å². The molecule has 0 radical (unpaired) electrons. The summed E-state index contributed by atoms with van der Waals surface area (Å²) in [4.78, 5) is 35.4. The highest BCUT2D eigenvalue weighted by atomic mass is 31.2. The molecule has 14 heteroatoms. The summed E-state index contributed by atoms with van der Waals surface area (Å²) >= 11 is 0. The van der Waals surface area contributed by atoms with Crippen molar-refractivity contribution in [1.29, 1.82) is 0 Å². The highest BCUT2D eigenvalue weighted by Gasteiger charge is 2.51. The summed E-state index contributed by atoms with van der Waals surface area (Å²) in [5, 5.41) is 49.9. The Morgan fingerprint density at radius 3 is 1.51 bits per heavy atom. The lowest BCUT2D eigenvalue weighted by atomic mass is 9.85. The van der Waals surface area contributed by atoms with Crippen LogP contribution in [0.1, 0.15) is 155 Å². The second-order valence-corrected chi connectivity index (χ2v) is 15.2. The number of esters is 2. The van der Waals surface area contributed by atoms with Gasteiger partial charge in [0.15, 0.2) is 6.10 Å². The number of allylic oxidation sites excluding steroid dienone is 2. The van der Waals surface area contributed by atoms with Crippen molar-refractivity contribution < 1.29 is 63.1 Å². The molecule has 0 saturated heterocycles. The summed E-state index contributed by atoms with van der Waals surface area (Å²) in [6.45, 7) is 3.21. The van der Waals surface area contributed by atoms with Gasteiger partial charge < -0.3 is 39.9 Å². The number of phosphoric acid groups is 1. The van der Waals surface area contributed by atoms with Gasteiger partial charge in [0.2, 0.25) is 0 Å². The van der Waals surface area contributed by atoms with Crippen molar-refractivity contribution in [3.8, 4) is 0 Å². The Bertz CT molecular complexity index is 964. The lowest BCUT2D eigenvalue weighted by molar-refractivity contribution is -0.220. The van der Waals surface area contributed by atoms with Crippen LogP contribution in [-0.2, 0) is 32.7 Å². The van der Waals surface area contributed by atoms with E-state index >= 15 is 0 Å². The maximum atomic E-state index is 12.7. The van der Waals surface area contributed by atoms with E-state index in [2.05, 4.69) is 26.0 Å². The molecule has 0 amide bonds. The first-order valence-corrected chi connectivity index (χ1v) is 21.0. The first kappa shape index (κ1) is 47.6. The lowest BCUT2D eigenvalue weighted by Gasteiger charge is -2.41. The van der Waals surface area contributed by atoms with E-state index in [1.807, 2.05) is 0 Å². The van der Waals surface area contributed by atoms with Crippen molar-refractivity contribution in [3.63, 3.8) is 0 Å². The number of hydrogen-bond donors (Lipinski definition) is 6. The minimum atomic E-state index is -5.10. The van der Waals surface area contributed by atoms with Crippen LogP contribution in [0.5, 0.6) is 0 Å². The number of ether oxygens (including phenoxy) is 2. The number of aliphatic hydroxyl groups is 5. The van der Waals surface area contributed by atoms with Crippen LogP contribution < -0.4 is 0 Å². The molecule has 6 N–H and O–H groups in total. The molecule has 6 unspecified atom stereocenters. The molecule has 0 aliphatic heterocycles. The Hall–Kier alpha value is -1.41. The third-order valence-electron chi connectivity index (χ3n) is 9.11. The van der Waals surface area contributed by atoms with Crippen LogP contribution in [0.2, 0.25) is 0 Å². The van der Waals surface area contributed by atoms with Crippen LogP contribution in [-0.4, -0.2) is 98.3 Å². The molecule has 0 heterocycles. The van der Waals surface area contributed by atoms with Gasteiger partial charge in [-0.1, -0.05) is 116 Å². The van der Waals surface area contributed by atoms with Crippen molar-refractivity contribution in [2.45, 2.75) is 198 Å². The van der Waals surface area contributed by atoms with Gasteiger partial charge in [0.1, 0.15) is 43.2 Å². The lowest BCUT2D eigenvalue weighted by Crippen LogP contribution is -2.64. The second-order valence-electron chi connectivity index (χ2n) is 13.8. The van der Waals surface area contributed by atoms with Crippen molar-refractivity contribution in [2.24, 2.45) is 0 Å². The standard InChI is InChI=1S/C37H69O13P/c1-3-5-7-9-11-13-14-15-16-18-19-21-23-25-30(38)47-27-29(49-31(39)26-24-22-20-17-12-10-8-6-4-2)28-48-51(45,46)50-37-35(43)33(41)32(40)34(42)36(37)44/h13-14,29,32-37,40-44H,3-12,15-28H2,1-2H3,(H,45,46)/b14-13+/t29-,32?,33-,34?,35?,36?,37?/m1/s1. The van der Waals surface area contributed by atoms with Crippen molar-refractivity contribution >= 4 is 19.8 Å². The van der Waals surface area contributed by atoms with Gasteiger partial charge in [-0.15, -0.1) is 0 Å². The van der Waals surface area contributed by atoms with Gasteiger partial charge in [-0.25, -0.2) is 4.57 Å². The Morgan fingerprint density at radius 1 is 0.588 bits per heavy atom. The number of rotatable bonds is 31. The number of hydrogen-bond acceptors (Lipinski definition) is 12. The highest BCUT2D eigenvalue weighted by molar-refractivity contribution is 7.47. The van der Waals surface area contributed by atoms with Gasteiger partial charge >= 0.3 is 19.8 Å². The molecule has 0 aromatic heterocycles. The summed E-state index contributed by atoms with van der Waals surface area (Å²) in [7, 11) is -5.10. The molecule has 0 bridgehead atoms. The third kappa shape index (κ3) is 22.4. The molecule has 0 aromatic rings. The van der Waals surface area contributed by atoms with E-state index in [4.69, 9.17) is 18.5 Å². The Labute approximate surface area is 305 Å². The average molecular weight is 753 g/mol. The number of carbonyl (C=O) groups excluding carboxylic acids is 2. The fraction of sp³-hybridized carbons (Fsp3) is 0.892. The van der Waals surface area contributed by atoms with Crippen LogP contribution >= 0.6 is 7.82 Å². The molecule has 13 nitrogen and oxygen atoms in total. The minimum absolute atomic E-state index is 0.0981. The van der Waals surface area contributed by atoms with E-state index in [1.165, 1.54) is 51.4 Å². The van der Waals surface area contributed by atoms with E-state index < -0.39 is 75.7 Å². The van der Waals surface area contributed by atoms with Crippen molar-refractivity contribution in [1.82, 2.24) is 0 Å². The predicted octanol–water partition coefficient (Wildman–Crippen LogP) is 5.94. The molecule has 1 rings (SSSR count). The average Bonchev–Trinajstić information content (AvgIpc) is 3.10. The maximum Gasteiger partial charge on any atom is 0.472 e. The van der Waals surface area contributed by atoms with Crippen LogP contribution in [0.4, 0.5) is 0 Å². The maximum absolute atomic E-state index is 12.7. The first-order valence-electron chi connectivity index (χ1n) is 19.5. The van der Waals surface area contributed by atoms with E-state index in [-0.39, 0.29) is 12.8 Å². The highest BCUT2D eigenvalue weighted by Crippen LogP contribution is 2.47. The largest absolute Gasteiger partial charge is 0.472 e. The van der Waals surface area contributed by atoms with E-state index in [0.717, 1.165) is 64.2 Å². The zero-order valence-corrected chi connectivity index (χ0v) is 32.0. The monoisotopic (exact) mass is 752 g/mol. The molecule has 0 aromatic carbocycles. The van der Waals surface area contributed by atoms with Gasteiger partial charge in [-0.3, -0.25) is 18.6 Å². The van der Waals surface area contributed by atoms with Crippen LogP contribution in [0.3, 0.4) is 0 Å². The third-order valence-corrected chi connectivity index (χ3v) is 10.1. The molecule has 300 valence electrons.